The van der Waals surface area contributed by atoms with E-state index in [1.165, 1.54) is 0 Å². The van der Waals surface area contributed by atoms with E-state index in [0.29, 0.717) is 25.7 Å². The van der Waals surface area contributed by atoms with E-state index in [2.05, 4.69) is 6.92 Å². The molecule has 4 heteroatoms. The van der Waals surface area contributed by atoms with Gasteiger partial charge in [0.15, 0.2) is 0 Å². The summed E-state index contributed by atoms with van der Waals surface area (Å²) in [7, 11) is 0. The third-order valence-corrected chi connectivity index (χ3v) is 5.50. The zero-order chi connectivity index (χ0) is 17.3. The molecule has 2 atom stereocenters. The van der Waals surface area contributed by atoms with Crippen molar-refractivity contribution in [3.63, 3.8) is 0 Å². The van der Waals surface area contributed by atoms with Gasteiger partial charge in [-0.25, -0.2) is 0 Å². The summed E-state index contributed by atoms with van der Waals surface area (Å²) < 4.78 is 0. The predicted octanol–water partition coefficient (Wildman–Crippen LogP) is 5.03. The monoisotopic (exact) mass is 324 g/mol. The highest BCUT2D eigenvalue weighted by atomic mass is 16.4. The number of aliphatic carboxylic acids is 2. The predicted molar refractivity (Wildman–Crippen MR) is 91.4 cm³/mol. The average Bonchev–Trinajstić information content (AvgIpc) is 2.53. The number of rotatable bonds is 11. The van der Waals surface area contributed by atoms with Crippen LogP contribution in [0.25, 0.3) is 0 Å². The van der Waals surface area contributed by atoms with Crippen molar-refractivity contribution in [3.05, 3.63) is 12.2 Å². The van der Waals surface area contributed by atoms with Crippen LogP contribution in [0.1, 0.15) is 84.5 Å². The van der Waals surface area contributed by atoms with Crippen molar-refractivity contribution in [1.29, 1.82) is 0 Å². The summed E-state index contributed by atoms with van der Waals surface area (Å²) in [6, 6.07) is 0. The van der Waals surface area contributed by atoms with E-state index >= 15 is 0 Å². The van der Waals surface area contributed by atoms with Crippen LogP contribution in [0, 0.1) is 10.8 Å². The smallest absolute Gasteiger partial charge is 0.311 e. The lowest BCUT2D eigenvalue weighted by Gasteiger charge is -2.46. The quantitative estimate of drug-likeness (QED) is 0.413. The van der Waals surface area contributed by atoms with Gasteiger partial charge in [-0.05, 0) is 25.7 Å². The third kappa shape index (κ3) is 4.15. The van der Waals surface area contributed by atoms with E-state index in [4.69, 9.17) is 0 Å². The van der Waals surface area contributed by atoms with Gasteiger partial charge in [0.1, 0.15) is 0 Å². The maximum atomic E-state index is 12.2. The van der Waals surface area contributed by atoms with E-state index < -0.39 is 22.8 Å². The highest BCUT2D eigenvalue weighted by Gasteiger charge is 2.60. The summed E-state index contributed by atoms with van der Waals surface area (Å²) in [4.78, 5) is 24.3. The number of carboxylic acids is 2. The first-order valence-corrected chi connectivity index (χ1v) is 9.08. The molecule has 0 saturated carbocycles. The molecule has 0 bridgehead atoms. The first-order chi connectivity index (χ1) is 11.0. The fourth-order valence-electron chi connectivity index (χ4n) is 3.95. The Kier molecular flexibility index (Phi) is 7.80. The molecule has 23 heavy (non-hydrogen) atoms. The molecule has 132 valence electrons. The summed E-state index contributed by atoms with van der Waals surface area (Å²) in [5.41, 5.74) is -2.32. The Morgan fingerprint density at radius 2 is 1.22 bits per heavy atom. The second kappa shape index (κ2) is 9.09. The van der Waals surface area contributed by atoms with Crippen LogP contribution in [0.15, 0.2) is 12.2 Å². The van der Waals surface area contributed by atoms with Crippen LogP contribution in [0.3, 0.4) is 0 Å². The molecule has 2 unspecified atom stereocenters. The fraction of sp³-hybridized carbons (Fsp3) is 0.789. The topological polar surface area (TPSA) is 74.6 Å². The molecule has 0 spiro atoms. The molecule has 0 radical (unpaired) electrons. The van der Waals surface area contributed by atoms with Crippen LogP contribution in [0.4, 0.5) is 0 Å². The Balaban J connectivity index is 3.04. The number of allylic oxidation sites excluding steroid dienone is 2. The molecule has 0 fully saturated rings. The molecule has 0 aromatic carbocycles. The van der Waals surface area contributed by atoms with Crippen LogP contribution < -0.4 is 0 Å². The van der Waals surface area contributed by atoms with E-state index in [0.717, 1.165) is 44.9 Å². The van der Waals surface area contributed by atoms with Gasteiger partial charge < -0.3 is 10.2 Å². The highest BCUT2D eigenvalue weighted by molar-refractivity contribution is 5.87. The molecule has 0 saturated heterocycles. The van der Waals surface area contributed by atoms with E-state index in [-0.39, 0.29) is 0 Å². The van der Waals surface area contributed by atoms with Crippen molar-refractivity contribution in [2.24, 2.45) is 10.8 Å². The van der Waals surface area contributed by atoms with Crippen molar-refractivity contribution in [1.82, 2.24) is 0 Å². The largest absolute Gasteiger partial charge is 0.481 e. The summed E-state index contributed by atoms with van der Waals surface area (Å²) in [6.07, 6.45) is 12.1. The van der Waals surface area contributed by atoms with Crippen molar-refractivity contribution < 1.29 is 19.8 Å². The molecular formula is C19H32O4. The van der Waals surface area contributed by atoms with Crippen LogP contribution in [-0.4, -0.2) is 22.2 Å². The number of hydrogen-bond donors (Lipinski definition) is 2. The Morgan fingerprint density at radius 1 is 0.783 bits per heavy atom. The molecule has 1 rings (SSSR count). The van der Waals surface area contributed by atoms with E-state index in [1.54, 1.807) is 0 Å². The van der Waals surface area contributed by atoms with Gasteiger partial charge in [-0.3, -0.25) is 9.59 Å². The van der Waals surface area contributed by atoms with Crippen LogP contribution >= 0.6 is 0 Å². The molecule has 0 aromatic heterocycles. The lowest BCUT2D eigenvalue weighted by molar-refractivity contribution is -0.177. The maximum Gasteiger partial charge on any atom is 0.311 e. The second-order valence-electron chi connectivity index (χ2n) is 6.92. The van der Waals surface area contributed by atoms with E-state index in [1.807, 2.05) is 19.1 Å². The van der Waals surface area contributed by atoms with Crippen molar-refractivity contribution >= 4 is 11.9 Å². The molecular weight excluding hydrogens is 292 g/mol. The van der Waals surface area contributed by atoms with Gasteiger partial charge in [0.2, 0.25) is 0 Å². The van der Waals surface area contributed by atoms with Crippen LogP contribution in [-0.2, 0) is 9.59 Å². The third-order valence-electron chi connectivity index (χ3n) is 5.50. The van der Waals surface area contributed by atoms with Gasteiger partial charge in [-0.15, -0.1) is 0 Å². The minimum Gasteiger partial charge on any atom is -0.481 e. The summed E-state index contributed by atoms with van der Waals surface area (Å²) in [5, 5.41) is 19.9. The molecule has 0 aromatic rings. The number of carbonyl (C=O) groups is 2. The number of hydrogen-bond acceptors (Lipinski definition) is 2. The van der Waals surface area contributed by atoms with E-state index in [9.17, 15) is 19.8 Å². The van der Waals surface area contributed by atoms with Gasteiger partial charge in [0.25, 0.3) is 0 Å². The minimum absolute atomic E-state index is 0.337. The first kappa shape index (κ1) is 19.7. The zero-order valence-corrected chi connectivity index (χ0v) is 14.6. The molecule has 2 N–H and O–H groups in total. The Hall–Kier alpha value is -1.32. The average molecular weight is 324 g/mol. The lowest BCUT2D eigenvalue weighted by Crippen LogP contribution is -2.53. The summed E-state index contributed by atoms with van der Waals surface area (Å²) in [5.74, 6) is -1.87. The molecule has 0 aliphatic heterocycles. The number of carboxylic acid groups (broad SMARTS) is 2. The SMILES string of the molecule is CCCCCCCC1(C(=O)O)CC=CCC1(CCCC)C(=O)O. The molecule has 0 heterocycles. The Bertz CT molecular complexity index is 429. The van der Waals surface area contributed by atoms with Gasteiger partial charge in [-0.2, -0.15) is 0 Å². The first-order valence-electron chi connectivity index (χ1n) is 9.08. The Morgan fingerprint density at radius 3 is 1.65 bits per heavy atom. The van der Waals surface area contributed by atoms with Crippen LogP contribution in [0.5, 0.6) is 0 Å². The van der Waals surface area contributed by atoms with Gasteiger partial charge in [0.05, 0.1) is 10.8 Å². The standard InChI is InChI=1S/C19H32O4/c1-3-5-7-8-9-13-19(17(22)23)15-11-10-14-18(19,16(20)21)12-6-4-2/h10-11H,3-9,12-15H2,1-2H3,(H,20,21)(H,22,23). The van der Waals surface area contributed by atoms with Gasteiger partial charge in [0, 0.05) is 0 Å². The Labute approximate surface area is 140 Å². The molecule has 1 aliphatic rings. The van der Waals surface area contributed by atoms with Crippen molar-refractivity contribution in [2.45, 2.75) is 84.5 Å². The molecule has 1 aliphatic carbocycles. The number of unbranched alkanes of at least 4 members (excludes halogenated alkanes) is 5. The summed E-state index contributed by atoms with van der Waals surface area (Å²) >= 11 is 0. The van der Waals surface area contributed by atoms with Crippen molar-refractivity contribution in [3.8, 4) is 0 Å². The fourth-order valence-corrected chi connectivity index (χ4v) is 3.95. The van der Waals surface area contributed by atoms with Crippen molar-refractivity contribution in [2.75, 3.05) is 0 Å². The zero-order valence-electron chi connectivity index (χ0n) is 14.6. The minimum atomic E-state index is -1.16. The second-order valence-corrected chi connectivity index (χ2v) is 6.92. The normalized spacial score (nSPS) is 27.0. The lowest BCUT2D eigenvalue weighted by atomic mass is 9.54. The summed E-state index contributed by atoms with van der Waals surface area (Å²) in [6.45, 7) is 4.16. The molecule has 0 amide bonds. The maximum absolute atomic E-state index is 12.2. The van der Waals surface area contributed by atoms with Gasteiger partial charge >= 0.3 is 11.9 Å². The highest BCUT2D eigenvalue weighted by Crippen LogP contribution is 2.55. The van der Waals surface area contributed by atoms with Gasteiger partial charge in [-0.1, -0.05) is 70.9 Å². The van der Waals surface area contributed by atoms with Crippen LogP contribution in [0.2, 0.25) is 0 Å². The molecule has 4 nitrogen and oxygen atoms in total.